The Morgan fingerprint density at radius 2 is 1.72 bits per heavy atom. The number of carboxylic acid groups (broad SMARTS) is 1. The number of carboxylic acids is 1. The minimum atomic E-state index is -1.72. The lowest BCUT2D eigenvalue weighted by atomic mass is 9.98. The zero-order chi connectivity index (χ0) is 21.6. The lowest BCUT2D eigenvalue weighted by Gasteiger charge is -2.28. The molecular weight excluding hydrogens is 374 g/mol. The molecule has 5 N–H and O–H groups in total. The van der Waals surface area contributed by atoms with Gasteiger partial charge in [-0.05, 0) is 22.3 Å². The Balaban J connectivity index is 2.20. The molecule has 0 aliphatic rings. The van der Waals surface area contributed by atoms with Gasteiger partial charge in [0.1, 0.15) is 6.04 Å². The van der Waals surface area contributed by atoms with Crippen LogP contribution < -0.4 is 11.1 Å². The van der Waals surface area contributed by atoms with Gasteiger partial charge in [0.25, 0.3) is 0 Å². The standard InChI is InChI=1S/C21H27N3O5/c1-13(2)11-24(12-18(25)20(27)28)21(29)23-17(19(22)26)10-15-8-5-7-14-6-3-4-9-16(14)15/h3-9,13,17-18,25H,10-12H2,1-2H3,(H2,22,26)(H,23,29)(H,27,28). The number of hydrogen-bond acceptors (Lipinski definition) is 4. The third kappa shape index (κ3) is 6.18. The number of primary amides is 1. The lowest BCUT2D eigenvalue weighted by Crippen LogP contribution is -2.53. The summed E-state index contributed by atoms with van der Waals surface area (Å²) in [6, 6.07) is 11.7. The van der Waals surface area contributed by atoms with Crippen molar-refractivity contribution in [3.8, 4) is 0 Å². The Hall–Kier alpha value is -3.13. The van der Waals surface area contributed by atoms with Crippen LogP contribution in [-0.4, -0.2) is 58.3 Å². The molecule has 2 atom stereocenters. The van der Waals surface area contributed by atoms with Gasteiger partial charge in [0.05, 0.1) is 6.54 Å². The summed E-state index contributed by atoms with van der Waals surface area (Å²) in [5.41, 5.74) is 6.37. The van der Waals surface area contributed by atoms with Gasteiger partial charge in [0.15, 0.2) is 6.10 Å². The molecule has 2 aromatic carbocycles. The third-order valence-electron chi connectivity index (χ3n) is 4.50. The summed E-state index contributed by atoms with van der Waals surface area (Å²) < 4.78 is 0. The van der Waals surface area contributed by atoms with Gasteiger partial charge in [-0.25, -0.2) is 9.59 Å². The summed E-state index contributed by atoms with van der Waals surface area (Å²) in [6.45, 7) is 3.54. The molecule has 0 aliphatic heterocycles. The first kappa shape index (κ1) is 22.2. The van der Waals surface area contributed by atoms with Crippen LogP contribution in [0.4, 0.5) is 4.79 Å². The number of nitrogens with one attached hydrogen (secondary N) is 1. The van der Waals surface area contributed by atoms with Crippen molar-refractivity contribution in [3.05, 3.63) is 48.0 Å². The minimum absolute atomic E-state index is 0.0341. The second kappa shape index (κ2) is 9.88. The normalized spacial score (nSPS) is 13.1. The van der Waals surface area contributed by atoms with Crippen LogP contribution in [-0.2, 0) is 16.0 Å². The molecule has 0 saturated carbocycles. The van der Waals surface area contributed by atoms with Crippen molar-refractivity contribution in [1.82, 2.24) is 10.2 Å². The quantitative estimate of drug-likeness (QED) is 0.503. The van der Waals surface area contributed by atoms with Crippen LogP contribution in [0.2, 0.25) is 0 Å². The van der Waals surface area contributed by atoms with Gasteiger partial charge in [-0.3, -0.25) is 4.79 Å². The van der Waals surface area contributed by atoms with Crippen molar-refractivity contribution in [2.24, 2.45) is 11.7 Å². The first-order valence-electron chi connectivity index (χ1n) is 9.41. The highest BCUT2D eigenvalue weighted by Gasteiger charge is 2.26. The first-order chi connectivity index (χ1) is 13.7. The highest BCUT2D eigenvalue weighted by atomic mass is 16.4. The summed E-state index contributed by atoms with van der Waals surface area (Å²) in [5.74, 6) is -2.09. The fraction of sp³-hybridized carbons (Fsp3) is 0.381. The van der Waals surface area contributed by atoms with E-state index in [0.717, 1.165) is 16.3 Å². The van der Waals surface area contributed by atoms with E-state index >= 15 is 0 Å². The predicted octanol–water partition coefficient (Wildman–Crippen LogP) is 1.35. The molecule has 2 rings (SSSR count). The number of benzene rings is 2. The molecule has 0 bridgehead atoms. The van der Waals surface area contributed by atoms with E-state index in [0.29, 0.717) is 0 Å². The zero-order valence-corrected chi connectivity index (χ0v) is 16.5. The van der Waals surface area contributed by atoms with E-state index in [-0.39, 0.29) is 25.4 Å². The number of aliphatic carboxylic acids is 1. The largest absolute Gasteiger partial charge is 0.479 e. The monoisotopic (exact) mass is 401 g/mol. The molecule has 29 heavy (non-hydrogen) atoms. The highest BCUT2D eigenvalue weighted by molar-refractivity contribution is 5.89. The Labute approximate surface area is 169 Å². The van der Waals surface area contributed by atoms with Crippen LogP contribution in [0.1, 0.15) is 19.4 Å². The summed E-state index contributed by atoms with van der Waals surface area (Å²) in [5, 5.41) is 23.1. The number of hydrogen-bond donors (Lipinski definition) is 4. The Bertz CT molecular complexity index is 878. The molecule has 0 aliphatic carbocycles. The predicted molar refractivity (Wildman–Crippen MR) is 109 cm³/mol. The van der Waals surface area contributed by atoms with E-state index in [1.54, 1.807) is 0 Å². The highest BCUT2D eigenvalue weighted by Crippen LogP contribution is 2.20. The summed E-state index contributed by atoms with van der Waals surface area (Å²) in [6.07, 6.45) is -1.52. The smallest absolute Gasteiger partial charge is 0.334 e. The molecule has 0 heterocycles. The van der Waals surface area contributed by atoms with Crippen LogP contribution in [0, 0.1) is 5.92 Å². The lowest BCUT2D eigenvalue weighted by molar-refractivity contribution is -0.147. The van der Waals surface area contributed by atoms with Crippen LogP contribution in [0.15, 0.2) is 42.5 Å². The topological polar surface area (TPSA) is 133 Å². The van der Waals surface area contributed by atoms with Gasteiger partial charge < -0.3 is 26.2 Å². The fourth-order valence-corrected chi connectivity index (χ4v) is 3.12. The maximum absolute atomic E-state index is 12.7. The molecule has 8 heteroatoms. The van der Waals surface area contributed by atoms with Crippen LogP contribution >= 0.6 is 0 Å². The second-order valence-electron chi connectivity index (χ2n) is 7.40. The van der Waals surface area contributed by atoms with Crippen LogP contribution in [0.25, 0.3) is 10.8 Å². The second-order valence-corrected chi connectivity index (χ2v) is 7.40. The molecule has 8 nitrogen and oxygen atoms in total. The zero-order valence-electron chi connectivity index (χ0n) is 16.5. The van der Waals surface area contributed by atoms with Gasteiger partial charge in [0, 0.05) is 13.0 Å². The molecule has 0 aromatic heterocycles. The van der Waals surface area contributed by atoms with Gasteiger partial charge >= 0.3 is 12.0 Å². The summed E-state index contributed by atoms with van der Waals surface area (Å²) in [4.78, 5) is 36.8. The van der Waals surface area contributed by atoms with Crippen molar-refractivity contribution in [2.45, 2.75) is 32.4 Å². The van der Waals surface area contributed by atoms with E-state index in [9.17, 15) is 19.5 Å². The van der Waals surface area contributed by atoms with Crippen LogP contribution in [0.3, 0.4) is 0 Å². The molecule has 0 fully saturated rings. The maximum atomic E-state index is 12.7. The van der Waals surface area contributed by atoms with E-state index in [2.05, 4.69) is 5.32 Å². The molecule has 0 spiro atoms. The van der Waals surface area contributed by atoms with Crippen molar-refractivity contribution in [2.75, 3.05) is 13.1 Å². The molecule has 2 aromatic rings. The SMILES string of the molecule is CC(C)CN(CC(O)C(=O)O)C(=O)NC(Cc1cccc2ccccc12)C(N)=O. The molecule has 3 amide bonds. The molecule has 0 saturated heterocycles. The fourth-order valence-electron chi connectivity index (χ4n) is 3.12. The number of amides is 3. The number of nitrogens with two attached hydrogens (primary N) is 1. The molecular formula is C21H27N3O5. The van der Waals surface area contributed by atoms with E-state index in [4.69, 9.17) is 10.8 Å². The van der Waals surface area contributed by atoms with Crippen molar-refractivity contribution < 1.29 is 24.6 Å². The number of aliphatic hydroxyl groups excluding tert-OH is 1. The Morgan fingerprint density at radius 1 is 1.07 bits per heavy atom. The van der Waals surface area contributed by atoms with Crippen molar-refractivity contribution in [1.29, 1.82) is 0 Å². The number of carbonyl (C=O) groups excluding carboxylic acids is 2. The van der Waals surface area contributed by atoms with Crippen LogP contribution in [0.5, 0.6) is 0 Å². The number of fused-ring (bicyclic) bond motifs is 1. The summed E-state index contributed by atoms with van der Waals surface area (Å²) >= 11 is 0. The first-order valence-corrected chi connectivity index (χ1v) is 9.41. The number of urea groups is 1. The summed E-state index contributed by atoms with van der Waals surface area (Å²) in [7, 11) is 0. The maximum Gasteiger partial charge on any atom is 0.334 e. The molecule has 0 radical (unpaired) electrons. The van der Waals surface area contributed by atoms with E-state index in [1.807, 2.05) is 56.3 Å². The van der Waals surface area contributed by atoms with Gasteiger partial charge in [-0.2, -0.15) is 0 Å². The van der Waals surface area contributed by atoms with Crippen molar-refractivity contribution in [3.63, 3.8) is 0 Å². The van der Waals surface area contributed by atoms with E-state index in [1.165, 1.54) is 4.90 Å². The minimum Gasteiger partial charge on any atom is -0.479 e. The Morgan fingerprint density at radius 3 is 2.34 bits per heavy atom. The molecule has 156 valence electrons. The average molecular weight is 401 g/mol. The Kier molecular flexibility index (Phi) is 7.55. The number of nitrogens with zero attached hydrogens (tertiary/aromatic N) is 1. The number of carbonyl (C=O) groups is 3. The van der Waals surface area contributed by atoms with E-state index < -0.39 is 30.1 Å². The molecule has 2 unspecified atom stereocenters. The average Bonchev–Trinajstić information content (AvgIpc) is 2.66. The van der Waals surface area contributed by atoms with Gasteiger partial charge in [-0.1, -0.05) is 56.3 Å². The van der Waals surface area contributed by atoms with Gasteiger partial charge in [-0.15, -0.1) is 0 Å². The van der Waals surface area contributed by atoms with Crippen molar-refractivity contribution >= 4 is 28.7 Å². The number of aliphatic hydroxyl groups is 1. The third-order valence-corrected chi connectivity index (χ3v) is 4.50. The number of rotatable bonds is 9. The van der Waals surface area contributed by atoms with Gasteiger partial charge in [0.2, 0.25) is 5.91 Å².